The number of rotatable bonds is 2. The van der Waals surface area contributed by atoms with Gasteiger partial charge >= 0.3 is 0 Å². The SMILES string of the molecule is COc1nn(C)cc1C1(N)CC1. The minimum atomic E-state index is -0.153. The summed E-state index contributed by atoms with van der Waals surface area (Å²) in [6.07, 6.45) is 4.01. The Morgan fingerprint density at radius 2 is 2.33 bits per heavy atom. The van der Waals surface area contributed by atoms with Crippen molar-refractivity contribution in [1.29, 1.82) is 0 Å². The Balaban J connectivity index is 2.41. The summed E-state index contributed by atoms with van der Waals surface area (Å²) < 4.78 is 6.86. The molecule has 0 amide bonds. The Kier molecular flexibility index (Phi) is 1.41. The number of hydrogen-bond donors (Lipinski definition) is 1. The van der Waals surface area contributed by atoms with Crippen LogP contribution in [0, 0.1) is 0 Å². The lowest BCUT2D eigenvalue weighted by atomic mass is 10.1. The second kappa shape index (κ2) is 2.23. The van der Waals surface area contributed by atoms with Gasteiger partial charge in [-0.1, -0.05) is 0 Å². The predicted octanol–water partition coefficient (Wildman–Crippen LogP) is 0.376. The summed E-state index contributed by atoms with van der Waals surface area (Å²) in [6, 6.07) is 0. The van der Waals surface area contributed by atoms with Crippen molar-refractivity contribution in [2.45, 2.75) is 18.4 Å². The minimum absolute atomic E-state index is 0.153. The van der Waals surface area contributed by atoms with Gasteiger partial charge in [0.25, 0.3) is 0 Å². The number of aryl methyl sites for hydroxylation is 1. The van der Waals surface area contributed by atoms with Crippen molar-refractivity contribution >= 4 is 0 Å². The van der Waals surface area contributed by atoms with E-state index in [0.29, 0.717) is 5.88 Å². The maximum Gasteiger partial charge on any atom is 0.237 e. The van der Waals surface area contributed by atoms with Crippen LogP contribution in [-0.4, -0.2) is 16.9 Å². The standard InChI is InChI=1S/C8H13N3O/c1-11-5-6(7(10-11)12-2)8(9)3-4-8/h5H,3-4,9H2,1-2H3. The van der Waals surface area contributed by atoms with Gasteiger partial charge in [-0.2, -0.15) is 0 Å². The average molecular weight is 167 g/mol. The third-order valence-corrected chi connectivity index (χ3v) is 2.31. The Hall–Kier alpha value is -1.03. The number of ether oxygens (including phenoxy) is 1. The van der Waals surface area contributed by atoms with Crippen LogP contribution in [0.2, 0.25) is 0 Å². The number of nitrogens with zero attached hydrogens (tertiary/aromatic N) is 2. The third kappa shape index (κ3) is 0.992. The van der Waals surface area contributed by atoms with Gasteiger partial charge in [-0.15, -0.1) is 5.10 Å². The minimum Gasteiger partial charge on any atom is -0.480 e. The Labute approximate surface area is 71.3 Å². The molecule has 1 heterocycles. The zero-order valence-electron chi connectivity index (χ0n) is 7.37. The summed E-state index contributed by atoms with van der Waals surface area (Å²) in [6.45, 7) is 0. The van der Waals surface area contributed by atoms with Crippen molar-refractivity contribution in [1.82, 2.24) is 9.78 Å². The van der Waals surface area contributed by atoms with E-state index < -0.39 is 0 Å². The number of hydrogen-bond acceptors (Lipinski definition) is 3. The topological polar surface area (TPSA) is 53.1 Å². The molecule has 0 spiro atoms. The Morgan fingerprint density at radius 3 is 2.83 bits per heavy atom. The largest absolute Gasteiger partial charge is 0.480 e. The molecule has 1 aliphatic rings. The Bertz CT molecular complexity index is 301. The van der Waals surface area contributed by atoms with Crippen LogP contribution in [0.15, 0.2) is 6.20 Å². The average Bonchev–Trinajstić information content (AvgIpc) is 2.64. The molecule has 12 heavy (non-hydrogen) atoms. The van der Waals surface area contributed by atoms with Crippen molar-refractivity contribution in [3.05, 3.63) is 11.8 Å². The quantitative estimate of drug-likeness (QED) is 0.692. The van der Waals surface area contributed by atoms with Crippen molar-refractivity contribution in [3.8, 4) is 5.88 Å². The molecule has 1 aromatic heterocycles. The van der Waals surface area contributed by atoms with Crippen LogP contribution in [-0.2, 0) is 12.6 Å². The van der Waals surface area contributed by atoms with Crippen LogP contribution in [0.4, 0.5) is 0 Å². The highest BCUT2D eigenvalue weighted by atomic mass is 16.5. The lowest BCUT2D eigenvalue weighted by Crippen LogP contribution is -2.18. The fraction of sp³-hybridized carbons (Fsp3) is 0.625. The van der Waals surface area contributed by atoms with Gasteiger partial charge in [0.15, 0.2) is 0 Å². The van der Waals surface area contributed by atoms with Crippen molar-refractivity contribution in [2.24, 2.45) is 12.8 Å². The van der Waals surface area contributed by atoms with Crippen molar-refractivity contribution < 1.29 is 4.74 Å². The van der Waals surface area contributed by atoms with Crippen LogP contribution in [0.3, 0.4) is 0 Å². The van der Waals surface area contributed by atoms with Crippen molar-refractivity contribution in [3.63, 3.8) is 0 Å². The van der Waals surface area contributed by atoms with Crippen LogP contribution in [0.25, 0.3) is 0 Å². The monoisotopic (exact) mass is 167 g/mol. The van der Waals surface area contributed by atoms with Gasteiger partial charge in [-0.3, -0.25) is 4.68 Å². The molecule has 1 aliphatic carbocycles. The van der Waals surface area contributed by atoms with Gasteiger partial charge in [0.1, 0.15) is 0 Å². The first-order valence-corrected chi connectivity index (χ1v) is 4.03. The van der Waals surface area contributed by atoms with E-state index in [0.717, 1.165) is 18.4 Å². The molecule has 1 fully saturated rings. The predicted molar refractivity (Wildman–Crippen MR) is 44.9 cm³/mol. The first-order chi connectivity index (χ1) is 5.65. The van der Waals surface area contributed by atoms with Gasteiger partial charge in [-0.05, 0) is 12.8 Å². The summed E-state index contributed by atoms with van der Waals surface area (Å²) in [5.74, 6) is 0.664. The van der Waals surface area contributed by atoms with E-state index in [1.807, 2.05) is 13.2 Å². The van der Waals surface area contributed by atoms with Crippen molar-refractivity contribution in [2.75, 3.05) is 7.11 Å². The molecule has 4 heteroatoms. The first-order valence-electron chi connectivity index (χ1n) is 4.03. The summed E-state index contributed by atoms with van der Waals surface area (Å²) in [7, 11) is 3.50. The lowest BCUT2D eigenvalue weighted by Gasteiger charge is -2.06. The van der Waals surface area contributed by atoms with E-state index in [1.165, 1.54) is 0 Å². The summed E-state index contributed by atoms with van der Waals surface area (Å²) in [5.41, 5.74) is 6.91. The molecular formula is C8H13N3O. The van der Waals surface area contributed by atoms with Gasteiger partial charge in [0.05, 0.1) is 12.7 Å². The summed E-state index contributed by atoms with van der Waals surface area (Å²) >= 11 is 0. The smallest absolute Gasteiger partial charge is 0.237 e. The highest BCUT2D eigenvalue weighted by Crippen LogP contribution is 2.45. The van der Waals surface area contributed by atoms with Gasteiger partial charge < -0.3 is 10.5 Å². The van der Waals surface area contributed by atoms with E-state index in [9.17, 15) is 0 Å². The normalized spacial score (nSPS) is 19.2. The maximum absolute atomic E-state index is 6.02. The molecule has 1 aromatic rings. The molecule has 0 aliphatic heterocycles. The lowest BCUT2D eigenvalue weighted by molar-refractivity contribution is 0.384. The highest BCUT2D eigenvalue weighted by molar-refractivity contribution is 5.35. The zero-order valence-corrected chi connectivity index (χ0v) is 7.37. The summed E-state index contributed by atoms with van der Waals surface area (Å²) in [5, 5.41) is 4.15. The van der Waals surface area contributed by atoms with Gasteiger partial charge in [0, 0.05) is 18.8 Å². The Morgan fingerprint density at radius 1 is 1.67 bits per heavy atom. The van der Waals surface area contributed by atoms with Crippen LogP contribution < -0.4 is 10.5 Å². The highest BCUT2D eigenvalue weighted by Gasteiger charge is 2.43. The second-order valence-corrected chi connectivity index (χ2v) is 3.38. The molecule has 0 bridgehead atoms. The molecule has 2 N–H and O–H groups in total. The molecule has 0 saturated heterocycles. The van der Waals surface area contributed by atoms with E-state index in [1.54, 1.807) is 11.8 Å². The zero-order chi connectivity index (χ0) is 8.77. The second-order valence-electron chi connectivity index (χ2n) is 3.38. The molecule has 4 nitrogen and oxygen atoms in total. The van der Waals surface area contributed by atoms with E-state index in [2.05, 4.69) is 5.10 Å². The van der Waals surface area contributed by atoms with Gasteiger partial charge in [-0.25, -0.2) is 0 Å². The molecule has 66 valence electrons. The van der Waals surface area contributed by atoms with E-state index >= 15 is 0 Å². The molecule has 1 saturated carbocycles. The third-order valence-electron chi connectivity index (χ3n) is 2.31. The molecule has 2 rings (SSSR count). The molecule has 0 atom stereocenters. The van der Waals surface area contributed by atoms with E-state index in [-0.39, 0.29) is 5.54 Å². The van der Waals surface area contributed by atoms with Crippen LogP contribution >= 0.6 is 0 Å². The molecule has 0 unspecified atom stereocenters. The molecule has 0 aromatic carbocycles. The number of aromatic nitrogens is 2. The fourth-order valence-electron chi connectivity index (χ4n) is 1.36. The van der Waals surface area contributed by atoms with E-state index in [4.69, 9.17) is 10.5 Å². The van der Waals surface area contributed by atoms with Crippen LogP contribution in [0.1, 0.15) is 18.4 Å². The maximum atomic E-state index is 6.02. The fourth-order valence-corrected chi connectivity index (χ4v) is 1.36. The molecular weight excluding hydrogens is 154 g/mol. The number of methoxy groups -OCH3 is 1. The number of nitrogens with two attached hydrogens (primary N) is 1. The summed E-state index contributed by atoms with van der Waals surface area (Å²) in [4.78, 5) is 0. The van der Waals surface area contributed by atoms with Crippen LogP contribution in [0.5, 0.6) is 5.88 Å². The first kappa shape index (κ1) is 7.61. The van der Waals surface area contributed by atoms with Gasteiger partial charge in [0.2, 0.25) is 5.88 Å². The molecule has 0 radical (unpaired) electrons.